The van der Waals surface area contributed by atoms with E-state index in [1.807, 2.05) is 6.08 Å². The van der Waals surface area contributed by atoms with Crippen LogP contribution in [0.2, 0.25) is 0 Å². The normalized spacial score (nSPS) is 28.4. The van der Waals surface area contributed by atoms with Crippen LogP contribution in [0.3, 0.4) is 0 Å². The van der Waals surface area contributed by atoms with Gasteiger partial charge in [0.2, 0.25) is 0 Å². The van der Waals surface area contributed by atoms with Gasteiger partial charge in [-0.15, -0.1) is 0 Å². The Balaban J connectivity index is 2.99. The van der Waals surface area contributed by atoms with Gasteiger partial charge in [-0.25, -0.2) is 0 Å². The third-order valence-corrected chi connectivity index (χ3v) is 3.03. The van der Waals surface area contributed by atoms with Gasteiger partial charge in [0.1, 0.15) is 6.29 Å². The Labute approximate surface area is 80.5 Å². The average Bonchev–Trinajstić information content (AvgIpc) is 2.08. The second-order valence-electron chi connectivity index (χ2n) is 4.25. The Kier molecular flexibility index (Phi) is 3.07. The van der Waals surface area contributed by atoms with Crippen molar-refractivity contribution in [1.29, 1.82) is 0 Å². The molecule has 1 aliphatic rings. The Morgan fingerprint density at radius 1 is 1.38 bits per heavy atom. The van der Waals surface area contributed by atoms with Gasteiger partial charge in [-0.3, -0.25) is 4.79 Å². The number of allylic oxidation sites excluding steroid dienone is 4. The van der Waals surface area contributed by atoms with Gasteiger partial charge in [0.15, 0.2) is 0 Å². The molecule has 0 heterocycles. The Morgan fingerprint density at radius 3 is 2.46 bits per heavy atom. The molecule has 0 amide bonds. The van der Waals surface area contributed by atoms with E-state index in [1.165, 1.54) is 5.57 Å². The van der Waals surface area contributed by atoms with Gasteiger partial charge >= 0.3 is 0 Å². The van der Waals surface area contributed by atoms with Crippen LogP contribution in [0.25, 0.3) is 0 Å². The summed E-state index contributed by atoms with van der Waals surface area (Å²) in [6, 6.07) is 0. The molecule has 1 rings (SSSR count). The number of carbonyl (C=O) groups excluding carboxylic acids is 1. The molecule has 0 spiro atoms. The number of aldehydes is 1. The van der Waals surface area contributed by atoms with Crippen LogP contribution in [0.15, 0.2) is 23.3 Å². The zero-order valence-electron chi connectivity index (χ0n) is 8.87. The minimum atomic E-state index is 0.405. The lowest BCUT2D eigenvalue weighted by atomic mass is 9.73. The first-order valence-corrected chi connectivity index (χ1v) is 4.91. The summed E-state index contributed by atoms with van der Waals surface area (Å²) >= 11 is 0. The van der Waals surface area contributed by atoms with Crippen LogP contribution in [0.1, 0.15) is 27.7 Å². The summed E-state index contributed by atoms with van der Waals surface area (Å²) in [4.78, 5) is 10.8. The zero-order valence-corrected chi connectivity index (χ0v) is 8.87. The summed E-state index contributed by atoms with van der Waals surface area (Å²) in [5.74, 6) is 1.45. The molecule has 0 saturated heterocycles. The van der Waals surface area contributed by atoms with Crippen LogP contribution in [0, 0.1) is 17.8 Å². The monoisotopic (exact) mass is 178 g/mol. The van der Waals surface area contributed by atoms with Gasteiger partial charge in [0.05, 0.1) is 0 Å². The lowest BCUT2D eigenvalue weighted by Gasteiger charge is -2.31. The molecule has 0 fully saturated rings. The summed E-state index contributed by atoms with van der Waals surface area (Å²) in [5, 5.41) is 0. The SMILES string of the molecule is CC1=CC=C(C=O)[C@H](C(C)C)C1C. The third-order valence-electron chi connectivity index (χ3n) is 3.03. The molecule has 1 unspecified atom stereocenters. The third kappa shape index (κ3) is 1.90. The topological polar surface area (TPSA) is 17.1 Å². The van der Waals surface area contributed by atoms with Crippen LogP contribution in [0.5, 0.6) is 0 Å². The molecule has 0 aromatic rings. The molecule has 0 radical (unpaired) electrons. The zero-order chi connectivity index (χ0) is 10.0. The van der Waals surface area contributed by atoms with Crippen molar-refractivity contribution < 1.29 is 4.79 Å². The predicted octanol–water partition coefficient (Wildman–Crippen LogP) is 2.98. The van der Waals surface area contributed by atoms with Gasteiger partial charge in [-0.1, -0.05) is 38.5 Å². The largest absolute Gasteiger partial charge is 0.298 e. The molecule has 0 aliphatic heterocycles. The first-order chi connectivity index (χ1) is 6.07. The number of hydrogen-bond acceptors (Lipinski definition) is 1. The molecule has 1 aliphatic carbocycles. The minimum Gasteiger partial charge on any atom is -0.298 e. The highest BCUT2D eigenvalue weighted by molar-refractivity contribution is 5.75. The summed E-state index contributed by atoms with van der Waals surface area (Å²) in [5.41, 5.74) is 2.33. The molecule has 13 heavy (non-hydrogen) atoms. The molecule has 0 aromatic heterocycles. The van der Waals surface area contributed by atoms with Crippen molar-refractivity contribution in [3.05, 3.63) is 23.3 Å². The Bertz CT molecular complexity index is 258. The fraction of sp³-hybridized carbons (Fsp3) is 0.583. The number of hydrogen-bond donors (Lipinski definition) is 0. The van der Waals surface area contributed by atoms with Gasteiger partial charge in [0, 0.05) is 0 Å². The van der Waals surface area contributed by atoms with E-state index in [2.05, 4.69) is 33.8 Å². The second-order valence-corrected chi connectivity index (χ2v) is 4.25. The van der Waals surface area contributed by atoms with Crippen molar-refractivity contribution in [1.82, 2.24) is 0 Å². The highest BCUT2D eigenvalue weighted by atomic mass is 16.1. The van der Waals surface area contributed by atoms with E-state index in [1.54, 1.807) is 0 Å². The van der Waals surface area contributed by atoms with Crippen LogP contribution in [0.4, 0.5) is 0 Å². The molecule has 72 valence electrons. The maximum Gasteiger partial charge on any atom is 0.146 e. The Hall–Kier alpha value is -0.850. The maximum absolute atomic E-state index is 10.8. The molecular formula is C12H18O. The molecule has 2 atom stereocenters. The average molecular weight is 178 g/mol. The van der Waals surface area contributed by atoms with Gasteiger partial charge < -0.3 is 0 Å². The first kappa shape index (κ1) is 10.2. The molecular weight excluding hydrogens is 160 g/mol. The Morgan fingerprint density at radius 2 is 2.00 bits per heavy atom. The number of carbonyl (C=O) groups is 1. The van der Waals surface area contributed by atoms with E-state index in [9.17, 15) is 4.79 Å². The van der Waals surface area contributed by atoms with Crippen molar-refractivity contribution in [2.24, 2.45) is 17.8 Å². The smallest absolute Gasteiger partial charge is 0.146 e. The molecule has 0 aromatic carbocycles. The molecule has 1 heteroatoms. The lowest BCUT2D eigenvalue weighted by molar-refractivity contribution is -0.105. The summed E-state index contributed by atoms with van der Waals surface area (Å²) in [6.07, 6.45) is 5.03. The fourth-order valence-corrected chi connectivity index (χ4v) is 2.14. The fourth-order valence-electron chi connectivity index (χ4n) is 2.14. The second kappa shape index (κ2) is 3.91. The quantitative estimate of drug-likeness (QED) is 0.594. The predicted molar refractivity (Wildman–Crippen MR) is 55.4 cm³/mol. The van der Waals surface area contributed by atoms with Crippen molar-refractivity contribution in [2.45, 2.75) is 27.7 Å². The van der Waals surface area contributed by atoms with Crippen LogP contribution in [-0.4, -0.2) is 6.29 Å². The molecule has 0 N–H and O–H groups in total. The van der Waals surface area contributed by atoms with E-state index in [4.69, 9.17) is 0 Å². The molecule has 0 bridgehead atoms. The summed E-state index contributed by atoms with van der Waals surface area (Å²) in [7, 11) is 0. The summed E-state index contributed by atoms with van der Waals surface area (Å²) < 4.78 is 0. The standard InChI is InChI=1S/C12H18O/c1-8(2)12-10(4)9(3)5-6-11(12)7-13/h5-8,10,12H,1-4H3/t10?,12-/m1/s1. The van der Waals surface area contributed by atoms with Gasteiger partial charge in [0.25, 0.3) is 0 Å². The highest BCUT2D eigenvalue weighted by Gasteiger charge is 2.27. The molecule has 1 nitrogen and oxygen atoms in total. The van der Waals surface area contributed by atoms with Crippen LogP contribution in [-0.2, 0) is 4.79 Å². The number of rotatable bonds is 2. The van der Waals surface area contributed by atoms with E-state index in [-0.39, 0.29) is 0 Å². The van der Waals surface area contributed by atoms with Crippen molar-refractivity contribution in [3.63, 3.8) is 0 Å². The lowest BCUT2D eigenvalue weighted by Crippen LogP contribution is -2.24. The van der Waals surface area contributed by atoms with E-state index in [0.717, 1.165) is 11.9 Å². The maximum atomic E-state index is 10.8. The van der Waals surface area contributed by atoms with E-state index < -0.39 is 0 Å². The van der Waals surface area contributed by atoms with Crippen LogP contribution >= 0.6 is 0 Å². The first-order valence-electron chi connectivity index (χ1n) is 4.91. The molecule has 0 saturated carbocycles. The van der Waals surface area contributed by atoms with Crippen molar-refractivity contribution in [3.8, 4) is 0 Å². The van der Waals surface area contributed by atoms with Gasteiger partial charge in [-0.05, 0) is 30.3 Å². The van der Waals surface area contributed by atoms with Gasteiger partial charge in [-0.2, -0.15) is 0 Å². The highest BCUT2D eigenvalue weighted by Crippen LogP contribution is 2.35. The van der Waals surface area contributed by atoms with Crippen molar-refractivity contribution >= 4 is 6.29 Å². The van der Waals surface area contributed by atoms with Crippen molar-refractivity contribution in [2.75, 3.05) is 0 Å². The minimum absolute atomic E-state index is 0.405. The van der Waals surface area contributed by atoms with E-state index >= 15 is 0 Å². The van der Waals surface area contributed by atoms with Crippen LogP contribution < -0.4 is 0 Å². The summed E-state index contributed by atoms with van der Waals surface area (Å²) in [6.45, 7) is 8.69. The van der Waals surface area contributed by atoms with E-state index in [0.29, 0.717) is 17.8 Å².